The van der Waals surface area contributed by atoms with Gasteiger partial charge in [0.05, 0.1) is 17.7 Å². The molecule has 1 aromatic carbocycles. The van der Waals surface area contributed by atoms with Crippen LogP contribution in [0.1, 0.15) is 42.5 Å². The van der Waals surface area contributed by atoms with E-state index in [1.165, 1.54) is 0 Å². The third-order valence-electron chi connectivity index (χ3n) is 5.11. The van der Waals surface area contributed by atoms with Gasteiger partial charge in [-0.15, -0.1) is 0 Å². The first-order valence-electron chi connectivity index (χ1n) is 7.89. The van der Waals surface area contributed by atoms with Gasteiger partial charge >= 0.3 is 0 Å². The van der Waals surface area contributed by atoms with E-state index in [2.05, 4.69) is 0 Å². The Bertz CT molecular complexity index is 577. The second-order valence-corrected chi connectivity index (χ2v) is 6.80. The molecular weight excluding hydrogens is 302 g/mol. The molecule has 0 aromatic heterocycles. The topological polar surface area (TPSA) is 49.8 Å². The van der Waals surface area contributed by atoms with Gasteiger partial charge in [0.25, 0.3) is 5.91 Å². The molecule has 1 amide bonds. The van der Waals surface area contributed by atoms with Crippen LogP contribution in [0.3, 0.4) is 0 Å². The van der Waals surface area contributed by atoms with Crippen LogP contribution in [0.2, 0.25) is 5.02 Å². The minimum absolute atomic E-state index is 0.0115. The van der Waals surface area contributed by atoms with Crippen molar-refractivity contribution in [2.45, 2.75) is 37.7 Å². The number of halogens is 1. The number of aliphatic hydroxyl groups is 1. The van der Waals surface area contributed by atoms with Crippen LogP contribution in [0.4, 0.5) is 0 Å². The fraction of sp³-hybridized carbons (Fsp3) is 0.588. The number of nitrogens with zero attached hydrogens (tertiary/aromatic N) is 1. The van der Waals surface area contributed by atoms with Crippen molar-refractivity contribution in [3.05, 3.63) is 28.8 Å². The van der Waals surface area contributed by atoms with E-state index >= 15 is 0 Å². The molecule has 1 aliphatic heterocycles. The molecule has 2 fully saturated rings. The first kappa shape index (κ1) is 15.6. The van der Waals surface area contributed by atoms with Gasteiger partial charge in [-0.3, -0.25) is 4.79 Å². The smallest absolute Gasteiger partial charge is 0.254 e. The molecule has 0 spiro atoms. The third-order valence-corrected chi connectivity index (χ3v) is 5.43. The van der Waals surface area contributed by atoms with E-state index in [4.69, 9.17) is 16.3 Å². The van der Waals surface area contributed by atoms with Gasteiger partial charge in [-0.25, -0.2) is 0 Å². The molecule has 1 heterocycles. The summed E-state index contributed by atoms with van der Waals surface area (Å²) in [5, 5.41) is 11.2. The Hall–Kier alpha value is -1.26. The molecule has 120 valence electrons. The normalized spacial score (nSPS) is 28.1. The Kier molecular flexibility index (Phi) is 4.33. The van der Waals surface area contributed by atoms with E-state index in [1.54, 1.807) is 25.3 Å². The maximum atomic E-state index is 12.7. The van der Waals surface area contributed by atoms with Gasteiger partial charge in [0.15, 0.2) is 0 Å². The molecule has 1 saturated heterocycles. The molecule has 3 rings (SSSR count). The number of amides is 1. The zero-order valence-corrected chi connectivity index (χ0v) is 13.6. The van der Waals surface area contributed by atoms with Crippen molar-refractivity contribution >= 4 is 17.5 Å². The summed E-state index contributed by atoms with van der Waals surface area (Å²) in [5.74, 6) is 0.703. The predicted molar refractivity (Wildman–Crippen MR) is 85.4 cm³/mol. The molecule has 1 saturated carbocycles. The lowest BCUT2D eigenvalue weighted by molar-refractivity contribution is -0.0886. The van der Waals surface area contributed by atoms with Crippen LogP contribution in [-0.2, 0) is 0 Å². The van der Waals surface area contributed by atoms with Crippen LogP contribution in [0, 0.1) is 5.92 Å². The van der Waals surface area contributed by atoms with Gasteiger partial charge in [0.1, 0.15) is 5.75 Å². The number of benzene rings is 1. The second kappa shape index (κ2) is 6.09. The molecule has 22 heavy (non-hydrogen) atoms. The van der Waals surface area contributed by atoms with Crippen molar-refractivity contribution in [1.82, 2.24) is 4.90 Å². The summed E-state index contributed by atoms with van der Waals surface area (Å²) in [4.78, 5) is 14.6. The Balaban J connectivity index is 1.76. The number of likely N-dealkylation sites (tertiary alicyclic amines) is 1. The van der Waals surface area contributed by atoms with Crippen LogP contribution in [0.5, 0.6) is 5.75 Å². The Morgan fingerprint density at radius 1 is 1.41 bits per heavy atom. The summed E-state index contributed by atoms with van der Waals surface area (Å²) in [6, 6.07) is 5.11. The van der Waals surface area contributed by atoms with Gasteiger partial charge in [0.2, 0.25) is 0 Å². The van der Waals surface area contributed by atoms with Crippen molar-refractivity contribution in [2.75, 3.05) is 20.2 Å². The highest BCUT2D eigenvalue weighted by atomic mass is 35.5. The Morgan fingerprint density at radius 2 is 2.23 bits per heavy atom. The quantitative estimate of drug-likeness (QED) is 0.909. The maximum Gasteiger partial charge on any atom is 0.254 e. The van der Waals surface area contributed by atoms with Crippen LogP contribution in [0.25, 0.3) is 0 Å². The number of methoxy groups -OCH3 is 1. The van der Waals surface area contributed by atoms with Gasteiger partial charge < -0.3 is 14.7 Å². The van der Waals surface area contributed by atoms with Crippen molar-refractivity contribution in [3.8, 4) is 5.75 Å². The molecule has 1 aromatic rings. The number of carbonyl (C=O) groups is 1. The summed E-state index contributed by atoms with van der Waals surface area (Å²) in [5.41, 5.74) is 0.0229. The third kappa shape index (κ3) is 2.82. The van der Waals surface area contributed by atoms with Crippen LogP contribution < -0.4 is 4.74 Å². The zero-order chi connectivity index (χ0) is 15.7. The lowest BCUT2D eigenvalue weighted by Gasteiger charge is -2.47. The average molecular weight is 324 g/mol. The first-order valence-corrected chi connectivity index (χ1v) is 8.26. The lowest BCUT2D eigenvalue weighted by Crippen LogP contribution is -2.54. The van der Waals surface area contributed by atoms with Crippen LogP contribution in [-0.4, -0.2) is 41.7 Å². The number of carbonyl (C=O) groups excluding carboxylic acids is 1. The number of hydrogen-bond donors (Lipinski definition) is 1. The molecule has 2 atom stereocenters. The van der Waals surface area contributed by atoms with Crippen molar-refractivity contribution < 1.29 is 14.6 Å². The fourth-order valence-electron chi connectivity index (χ4n) is 3.73. The number of fused-ring (bicyclic) bond motifs is 1. The molecule has 2 aliphatic rings. The van der Waals surface area contributed by atoms with E-state index in [-0.39, 0.29) is 11.8 Å². The highest BCUT2D eigenvalue weighted by Gasteiger charge is 2.43. The fourth-order valence-corrected chi connectivity index (χ4v) is 3.93. The van der Waals surface area contributed by atoms with E-state index in [0.29, 0.717) is 35.8 Å². The Labute approximate surface area is 136 Å². The largest absolute Gasteiger partial charge is 0.495 e. The number of rotatable bonds is 2. The van der Waals surface area contributed by atoms with E-state index in [9.17, 15) is 9.90 Å². The van der Waals surface area contributed by atoms with Crippen molar-refractivity contribution in [2.24, 2.45) is 5.92 Å². The molecule has 0 bridgehead atoms. The molecular formula is C17H22ClNO3. The lowest BCUT2D eigenvalue weighted by atomic mass is 9.71. The average Bonchev–Trinajstić information content (AvgIpc) is 2.53. The maximum absolute atomic E-state index is 12.7. The molecule has 0 radical (unpaired) electrons. The van der Waals surface area contributed by atoms with Gasteiger partial charge in [-0.2, -0.15) is 0 Å². The summed E-state index contributed by atoms with van der Waals surface area (Å²) in [6.07, 6.45) is 4.78. The molecule has 1 N–H and O–H groups in total. The summed E-state index contributed by atoms with van der Waals surface area (Å²) in [6.45, 7) is 1.25. The zero-order valence-electron chi connectivity index (χ0n) is 12.8. The van der Waals surface area contributed by atoms with E-state index in [0.717, 1.165) is 25.7 Å². The van der Waals surface area contributed by atoms with Gasteiger partial charge in [0, 0.05) is 24.6 Å². The SMILES string of the molecule is COc1cc(C(=O)N2CCC3(O)CCCCC3C2)ccc1Cl. The summed E-state index contributed by atoms with van der Waals surface area (Å²) in [7, 11) is 1.54. The highest BCUT2D eigenvalue weighted by molar-refractivity contribution is 6.32. The predicted octanol–water partition coefficient (Wildman–Crippen LogP) is 3.12. The van der Waals surface area contributed by atoms with Crippen LogP contribution >= 0.6 is 11.6 Å². The molecule has 2 unspecified atom stereocenters. The summed E-state index contributed by atoms with van der Waals surface area (Å²) >= 11 is 6.01. The van der Waals surface area contributed by atoms with Crippen molar-refractivity contribution in [3.63, 3.8) is 0 Å². The second-order valence-electron chi connectivity index (χ2n) is 6.40. The number of ether oxygens (including phenoxy) is 1. The minimum atomic E-state index is -0.563. The molecule has 5 heteroatoms. The van der Waals surface area contributed by atoms with Crippen molar-refractivity contribution in [1.29, 1.82) is 0 Å². The highest BCUT2D eigenvalue weighted by Crippen LogP contribution is 2.40. The number of piperidine rings is 1. The summed E-state index contributed by atoms with van der Waals surface area (Å²) < 4.78 is 5.18. The molecule has 4 nitrogen and oxygen atoms in total. The monoisotopic (exact) mass is 323 g/mol. The van der Waals surface area contributed by atoms with E-state index in [1.807, 2.05) is 4.90 Å². The van der Waals surface area contributed by atoms with Crippen LogP contribution in [0.15, 0.2) is 18.2 Å². The Morgan fingerprint density at radius 3 is 3.00 bits per heavy atom. The molecule has 1 aliphatic carbocycles. The first-order chi connectivity index (χ1) is 10.5. The van der Waals surface area contributed by atoms with Gasteiger partial charge in [-0.05, 0) is 37.5 Å². The standard InChI is InChI=1S/C17H22ClNO3/c1-22-15-10-12(5-6-14(15)18)16(20)19-9-8-17(21)7-3-2-4-13(17)11-19/h5-6,10,13,21H,2-4,7-9,11H2,1H3. The van der Waals surface area contributed by atoms with E-state index < -0.39 is 5.60 Å². The minimum Gasteiger partial charge on any atom is -0.495 e. The van der Waals surface area contributed by atoms with Gasteiger partial charge in [-0.1, -0.05) is 24.4 Å². The number of hydrogen-bond acceptors (Lipinski definition) is 3.